The first-order valence-corrected chi connectivity index (χ1v) is 8.98. The molecule has 1 aliphatic carbocycles. The highest BCUT2D eigenvalue weighted by Gasteiger charge is 2.36. The smallest absolute Gasteiger partial charge is 0.0785 e. The van der Waals surface area contributed by atoms with Crippen LogP contribution in [0, 0.1) is 5.92 Å². The summed E-state index contributed by atoms with van der Waals surface area (Å²) < 4.78 is 6.43. The molecule has 0 aromatic carbocycles. The van der Waals surface area contributed by atoms with Gasteiger partial charge in [0.15, 0.2) is 0 Å². The van der Waals surface area contributed by atoms with E-state index in [2.05, 4.69) is 36.7 Å². The summed E-state index contributed by atoms with van der Waals surface area (Å²) in [5.74, 6) is 0.823. The zero-order valence-corrected chi connectivity index (χ0v) is 14.1. The maximum absolute atomic E-state index is 6.43. The monoisotopic (exact) mass is 318 g/mol. The van der Waals surface area contributed by atoms with Gasteiger partial charge in [0.2, 0.25) is 0 Å². The molecular weight excluding hydrogens is 288 g/mol. The van der Waals surface area contributed by atoms with Gasteiger partial charge in [0.1, 0.15) is 0 Å². The molecule has 0 aromatic heterocycles. The Hall–Kier alpha value is 0.440. The van der Waals surface area contributed by atoms with Gasteiger partial charge in [0.05, 0.1) is 11.7 Å². The Morgan fingerprint density at radius 1 is 1.33 bits per heavy atom. The fourth-order valence-electron chi connectivity index (χ4n) is 3.22. The third kappa shape index (κ3) is 5.61. The molecule has 3 unspecified atom stereocenters. The third-order valence-electron chi connectivity index (χ3n) is 4.21. The predicted molar refractivity (Wildman–Crippen MR) is 83.5 cm³/mol. The Morgan fingerprint density at radius 2 is 2.11 bits per heavy atom. The van der Waals surface area contributed by atoms with Crippen molar-refractivity contribution in [2.45, 2.75) is 90.3 Å². The fraction of sp³-hybridized carbons (Fsp3) is 1.00. The first kappa shape index (κ1) is 16.5. The van der Waals surface area contributed by atoms with Crippen LogP contribution in [-0.2, 0) is 4.74 Å². The molecule has 0 aromatic rings. The Balaban J connectivity index is 2.32. The summed E-state index contributed by atoms with van der Waals surface area (Å²) in [5.41, 5.74) is 0.127. The molecule has 0 radical (unpaired) electrons. The van der Waals surface area contributed by atoms with Gasteiger partial charge in [0.25, 0.3) is 0 Å². The first-order valence-electron chi connectivity index (χ1n) is 7.85. The van der Waals surface area contributed by atoms with Crippen LogP contribution >= 0.6 is 15.9 Å². The van der Waals surface area contributed by atoms with Crippen molar-refractivity contribution in [2.24, 2.45) is 5.92 Å². The van der Waals surface area contributed by atoms with Crippen LogP contribution in [0.25, 0.3) is 0 Å². The number of unbranched alkanes of at least 4 members (excludes halogenated alkanes) is 3. The highest BCUT2D eigenvalue weighted by atomic mass is 79.9. The van der Waals surface area contributed by atoms with E-state index in [0.717, 1.165) is 11.2 Å². The molecule has 108 valence electrons. The lowest BCUT2D eigenvalue weighted by Gasteiger charge is -2.40. The second kappa shape index (κ2) is 8.58. The molecule has 1 saturated carbocycles. The molecule has 0 amide bonds. The van der Waals surface area contributed by atoms with E-state index in [1.807, 2.05) is 0 Å². The average molecular weight is 319 g/mol. The summed E-state index contributed by atoms with van der Waals surface area (Å²) in [6, 6.07) is 0. The lowest BCUT2D eigenvalue weighted by Crippen LogP contribution is -2.41. The van der Waals surface area contributed by atoms with Crippen molar-refractivity contribution in [1.29, 1.82) is 0 Å². The van der Waals surface area contributed by atoms with Crippen molar-refractivity contribution in [3.63, 3.8) is 0 Å². The van der Waals surface area contributed by atoms with E-state index in [1.165, 1.54) is 57.8 Å². The number of hydrogen-bond donors (Lipinski definition) is 0. The molecule has 0 saturated heterocycles. The average Bonchev–Trinajstić information content (AvgIpc) is 2.34. The molecule has 0 aliphatic heterocycles. The predicted octanol–water partition coefficient (Wildman–Crippen LogP) is 5.71. The highest BCUT2D eigenvalue weighted by Crippen LogP contribution is 2.37. The number of halogens is 1. The van der Waals surface area contributed by atoms with E-state index in [-0.39, 0.29) is 5.60 Å². The molecule has 0 heterocycles. The fourth-order valence-corrected chi connectivity index (χ4v) is 3.86. The number of rotatable bonds is 8. The van der Waals surface area contributed by atoms with E-state index in [0.29, 0.717) is 6.10 Å². The maximum Gasteiger partial charge on any atom is 0.0785 e. The summed E-state index contributed by atoms with van der Waals surface area (Å²) in [7, 11) is 0. The van der Waals surface area contributed by atoms with Gasteiger partial charge in [-0.3, -0.25) is 0 Å². The Labute approximate surface area is 122 Å². The molecule has 1 nitrogen and oxygen atoms in total. The maximum atomic E-state index is 6.43. The summed E-state index contributed by atoms with van der Waals surface area (Å²) in [6.45, 7) is 6.89. The lowest BCUT2D eigenvalue weighted by molar-refractivity contribution is -0.103. The highest BCUT2D eigenvalue weighted by molar-refractivity contribution is 9.09. The molecule has 2 heteroatoms. The Morgan fingerprint density at radius 3 is 2.72 bits per heavy atom. The van der Waals surface area contributed by atoms with Crippen LogP contribution in [0.15, 0.2) is 0 Å². The van der Waals surface area contributed by atoms with Crippen molar-refractivity contribution in [3.05, 3.63) is 0 Å². The zero-order valence-electron chi connectivity index (χ0n) is 12.5. The van der Waals surface area contributed by atoms with Crippen LogP contribution in [0.3, 0.4) is 0 Å². The van der Waals surface area contributed by atoms with E-state index in [9.17, 15) is 0 Å². The van der Waals surface area contributed by atoms with Gasteiger partial charge in [-0.05, 0) is 32.1 Å². The zero-order chi connectivity index (χ0) is 13.4. The van der Waals surface area contributed by atoms with Crippen LogP contribution in [0.4, 0.5) is 0 Å². The topological polar surface area (TPSA) is 9.23 Å². The van der Waals surface area contributed by atoms with Crippen LogP contribution in [0.5, 0.6) is 0 Å². The first-order chi connectivity index (χ1) is 8.62. The van der Waals surface area contributed by atoms with Crippen LogP contribution in [0.1, 0.15) is 78.6 Å². The van der Waals surface area contributed by atoms with Crippen molar-refractivity contribution < 1.29 is 4.74 Å². The molecule has 1 rings (SSSR count). The van der Waals surface area contributed by atoms with Gasteiger partial charge in [-0.15, -0.1) is 0 Å². The summed E-state index contributed by atoms with van der Waals surface area (Å²) in [5, 5.41) is 1.00. The van der Waals surface area contributed by atoms with Crippen LogP contribution < -0.4 is 0 Å². The van der Waals surface area contributed by atoms with Gasteiger partial charge >= 0.3 is 0 Å². The van der Waals surface area contributed by atoms with Gasteiger partial charge in [-0.25, -0.2) is 0 Å². The van der Waals surface area contributed by atoms with E-state index >= 15 is 0 Å². The largest absolute Gasteiger partial charge is 0.371 e. The van der Waals surface area contributed by atoms with Crippen molar-refractivity contribution in [1.82, 2.24) is 0 Å². The molecule has 0 bridgehead atoms. The van der Waals surface area contributed by atoms with Gasteiger partial charge in [0, 0.05) is 5.33 Å². The molecule has 1 aliphatic rings. The molecule has 1 fully saturated rings. The van der Waals surface area contributed by atoms with Crippen molar-refractivity contribution in [3.8, 4) is 0 Å². The second-order valence-corrected chi connectivity index (χ2v) is 6.86. The number of alkyl halides is 1. The van der Waals surface area contributed by atoms with Gasteiger partial charge in [-0.1, -0.05) is 68.3 Å². The second-order valence-electron chi connectivity index (χ2n) is 6.30. The SMILES string of the molecule is CCCCCCC(C)OC1(CBr)CCCC(C)C1. The standard InChI is InChI=1S/C16H31BrO/c1-4-5-6-7-10-15(3)18-16(13-17)11-8-9-14(2)12-16/h14-15H,4-13H2,1-3H3. The van der Waals surface area contributed by atoms with E-state index in [4.69, 9.17) is 4.74 Å². The quantitative estimate of drug-likeness (QED) is 0.411. The molecule has 3 atom stereocenters. The number of hydrogen-bond acceptors (Lipinski definition) is 1. The van der Waals surface area contributed by atoms with Crippen molar-refractivity contribution >= 4 is 15.9 Å². The minimum Gasteiger partial charge on any atom is -0.371 e. The molecule has 18 heavy (non-hydrogen) atoms. The summed E-state index contributed by atoms with van der Waals surface area (Å²) in [4.78, 5) is 0. The van der Waals surface area contributed by atoms with E-state index in [1.54, 1.807) is 0 Å². The Bertz CT molecular complexity index is 219. The summed E-state index contributed by atoms with van der Waals surface area (Å²) >= 11 is 3.69. The Kier molecular flexibility index (Phi) is 7.86. The lowest BCUT2D eigenvalue weighted by atomic mass is 9.80. The number of ether oxygens (including phenoxy) is 1. The molecule has 0 N–H and O–H groups in total. The van der Waals surface area contributed by atoms with E-state index < -0.39 is 0 Å². The van der Waals surface area contributed by atoms with Gasteiger partial charge < -0.3 is 4.74 Å². The molecule has 0 spiro atoms. The van der Waals surface area contributed by atoms with Crippen molar-refractivity contribution in [2.75, 3.05) is 5.33 Å². The molecular formula is C16H31BrO. The third-order valence-corrected chi connectivity index (χ3v) is 5.23. The normalized spacial score (nSPS) is 30.3. The minimum atomic E-state index is 0.127. The minimum absolute atomic E-state index is 0.127. The van der Waals surface area contributed by atoms with Crippen LogP contribution in [-0.4, -0.2) is 17.0 Å². The van der Waals surface area contributed by atoms with Gasteiger partial charge in [-0.2, -0.15) is 0 Å². The van der Waals surface area contributed by atoms with Crippen LogP contribution in [0.2, 0.25) is 0 Å². The summed E-state index contributed by atoms with van der Waals surface area (Å²) in [6.07, 6.45) is 12.2.